The Bertz CT molecular complexity index is 630. The standard InChI is InChI=1S/C15H25N3O4S/c1-3-17-15(7-8-16-17)23(19,20)18-9-10-22-11-13(18)12-5-4-6-14(12)21-2/h7-8,12-14H,3-6,9-11H2,1-2H3/t12-,13+,14+/m0/s1. The number of ether oxygens (including phenoxy) is 2. The Hall–Kier alpha value is -0.960. The van der Waals surface area contributed by atoms with Crippen LogP contribution in [0.1, 0.15) is 26.2 Å². The van der Waals surface area contributed by atoms with Crippen LogP contribution in [0.2, 0.25) is 0 Å². The van der Waals surface area contributed by atoms with Gasteiger partial charge in [0, 0.05) is 26.1 Å². The fraction of sp³-hybridized carbons (Fsp3) is 0.800. The lowest BCUT2D eigenvalue weighted by atomic mass is 9.96. The number of morpholine rings is 1. The first kappa shape index (κ1) is 16.9. The van der Waals surface area contributed by atoms with Crippen molar-refractivity contribution in [1.82, 2.24) is 14.1 Å². The normalized spacial score (nSPS) is 29.9. The van der Waals surface area contributed by atoms with E-state index in [0.29, 0.717) is 26.3 Å². The van der Waals surface area contributed by atoms with Crippen LogP contribution in [-0.4, -0.2) is 61.5 Å². The molecule has 130 valence electrons. The van der Waals surface area contributed by atoms with E-state index in [1.54, 1.807) is 23.7 Å². The molecule has 3 rings (SSSR count). The maximum atomic E-state index is 13.2. The summed E-state index contributed by atoms with van der Waals surface area (Å²) in [5.41, 5.74) is 0. The third kappa shape index (κ3) is 3.05. The van der Waals surface area contributed by atoms with E-state index in [1.165, 1.54) is 4.68 Å². The molecule has 1 aromatic rings. The first-order chi connectivity index (χ1) is 11.1. The van der Waals surface area contributed by atoms with Gasteiger partial charge in [0.05, 0.1) is 31.6 Å². The first-order valence-corrected chi connectivity index (χ1v) is 9.67. The van der Waals surface area contributed by atoms with Crippen LogP contribution in [0.5, 0.6) is 0 Å². The molecule has 0 aromatic carbocycles. The number of nitrogens with zero attached hydrogens (tertiary/aromatic N) is 3. The zero-order valence-electron chi connectivity index (χ0n) is 13.7. The van der Waals surface area contributed by atoms with Crippen LogP contribution in [0.15, 0.2) is 17.3 Å². The average Bonchev–Trinajstić information content (AvgIpc) is 3.23. The van der Waals surface area contributed by atoms with E-state index in [0.717, 1.165) is 19.3 Å². The lowest BCUT2D eigenvalue weighted by Crippen LogP contribution is -2.53. The minimum atomic E-state index is -3.58. The number of rotatable bonds is 5. The van der Waals surface area contributed by atoms with Crippen LogP contribution in [0, 0.1) is 5.92 Å². The highest BCUT2D eigenvalue weighted by molar-refractivity contribution is 7.89. The molecule has 0 spiro atoms. The summed E-state index contributed by atoms with van der Waals surface area (Å²) in [6.45, 7) is 3.67. The fourth-order valence-electron chi connectivity index (χ4n) is 3.83. The molecule has 2 aliphatic rings. The van der Waals surface area contributed by atoms with E-state index in [2.05, 4.69) is 5.10 Å². The summed E-state index contributed by atoms with van der Waals surface area (Å²) in [6, 6.07) is 1.41. The van der Waals surface area contributed by atoms with Crippen LogP contribution in [0.4, 0.5) is 0 Å². The van der Waals surface area contributed by atoms with E-state index in [-0.39, 0.29) is 23.1 Å². The Morgan fingerprint density at radius 3 is 3.00 bits per heavy atom. The molecular formula is C15H25N3O4S. The second-order valence-electron chi connectivity index (χ2n) is 6.11. The van der Waals surface area contributed by atoms with Gasteiger partial charge in [0.1, 0.15) is 0 Å². The Labute approximate surface area is 137 Å². The summed E-state index contributed by atoms with van der Waals surface area (Å²) >= 11 is 0. The molecule has 1 saturated carbocycles. The summed E-state index contributed by atoms with van der Waals surface area (Å²) in [4.78, 5) is 0. The number of aryl methyl sites for hydroxylation is 1. The maximum absolute atomic E-state index is 13.2. The van der Waals surface area contributed by atoms with Gasteiger partial charge in [0.15, 0.2) is 5.03 Å². The Kier molecular flexibility index (Phi) is 5.05. The van der Waals surface area contributed by atoms with Crippen LogP contribution < -0.4 is 0 Å². The molecule has 0 N–H and O–H groups in total. The van der Waals surface area contributed by atoms with Gasteiger partial charge >= 0.3 is 0 Å². The predicted molar refractivity (Wildman–Crippen MR) is 84.5 cm³/mol. The highest BCUT2D eigenvalue weighted by Crippen LogP contribution is 2.36. The number of hydrogen-bond acceptors (Lipinski definition) is 5. The molecule has 0 unspecified atom stereocenters. The Morgan fingerprint density at radius 1 is 1.43 bits per heavy atom. The Balaban J connectivity index is 1.92. The average molecular weight is 343 g/mol. The summed E-state index contributed by atoms with van der Waals surface area (Å²) < 4.78 is 40.6. The summed E-state index contributed by atoms with van der Waals surface area (Å²) in [5.74, 6) is 0.188. The molecule has 8 heteroatoms. The molecule has 1 saturated heterocycles. The third-order valence-corrected chi connectivity index (χ3v) is 6.91. The van der Waals surface area contributed by atoms with Crippen molar-refractivity contribution in [3.05, 3.63) is 12.3 Å². The van der Waals surface area contributed by atoms with Gasteiger partial charge in [0.25, 0.3) is 10.0 Å². The number of sulfonamides is 1. The molecule has 1 aliphatic heterocycles. The SMILES string of the molecule is CCn1nccc1S(=O)(=O)N1CCOC[C@@H]1[C@@H]1CCC[C@H]1OC. The monoisotopic (exact) mass is 343 g/mol. The lowest BCUT2D eigenvalue weighted by Gasteiger charge is -2.39. The smallest absolute Gasteiger partial charge is 0.260 e. The van der Waals surface area contributed by atoms with Gasteiger partial charge in [-0.25, -0.2) is 8.42 Å². The zero-order valence-corrected chi connectivity index (χ0v) is 14.5. The van der Waals surface area contributed by atoms with Gasteiger partial charge in [-0.2, -0.15) is 9.40 Å². The molecule has 2 fully saturated rings. The zero-order chi connectivity index (χ0) is 16.4. The van der Waals surface area contributed by atoms with E-state index < -0.39 is 10.0 Å². The van der Waals surface area contributed by atoms with Crippen molar-refractivity contribution < 1.29 is 17.9 Å². The molecule has 3 atom stereocenters. The van der Waals surface area contributed by atoms with E-state index in [1.807, 2.05) is 6.92 Å². The van der Waals surface area contributed by atoms with Crippen molar-refractivity contribution in [3.63, 3.8) is 0 Å². The minimum Gasteiger partial charge on any atom is -0.381 e. The topological polar surface area (TPSA) is 73.7 Å². The summed E-state index contributed by atoms with van der Waals surface area (Å²) in [5, 5.41) is 4.37. The van der Waals surface area contributed by atoms with Crippen molar-refractivity contribution in [2.45, 2.75) is 49.9 Å². The number of aromatic nitrogens is 2. The first-order valence-electron chi connectivity index (χ1n) is 8.23. The third-order valence-electron chi connectivity index (χ3n) is 4.97. The molecule has 0 amide bonds. The van der Waals surface area contributed by atoms with Crippen molar-refractivity contribution in [3.8, 4) is 0 Å². The van der Waals surface area contributed by atoms with Gasteiger partial charge in [-0.15, -0.1) is 0 Å². The Morgan fingerprint density at radius 2 is 2.26 bits per heavy atom. The molecule has 2 heterocycles. The van der Waals surface area contributed by atoms with Crippen molar-refractivity contribution in [1.29, 1.82) is 0 Å². The van der Waals surface area contributed by atoms with Gasteiger partial charge in [-0.05, 0) is 25.8 Å². The summed E-state index contributed by atoms with van der Waals surface area (Å²) in [6.07, 6.45) is 4.68. The van der Waals surface area contributed by atoms with Crippen LogP contribution in [0.3, 0.4) is 0 Å². The van der Waals surface area contributed by atoms with Crippen molar-refractivity contribution in [2.24, 2.45) is 5.92 Å². The summed E-state index contributed by atoms with van der Waals surface area (Å²) in [7, 11) is -1.88. The lowest BCUT2D eigenvalue weighted by molar-refractivity contribution is -0.0261. The predicted octanol–water partition coefficient (Wildman–Crippen LogP) is 1.11. The highest BCUT2D eigenvalue weighted by atomic mass is 32.2. The van der Waals surface area contributed by atoms with Crippen LogP contribution >= 0.6 is 0 Å². The number of hydrogen-bond donors (Lipinski definition) is 0. The van der Waals surface area contributed by atoms with Gasteiger partial charge < -0.3 is 9.47 Å². The quantitative estimate of drug-likeness (QED) is 0.801. The fourth-order valence-corrected chi connectivity index (χ4v) is 5.63. The van der Waals surface area contributed by atoms with E-state index in [9.17, 15) is 8.42 Å². The van der Waals surface area contributed by atoms with Crippen LogP contribution in [0.25, 0.3) is 0 Å². The van der Waals surface area contributed by atoms with Crippen LogP contribution in [-0.2, 0) is 26.0 Å². The maximum Gasteiger partial charge on any atom is 0.260 e. The van der Waals surface area contributed by atoms with Gasteiger partial charge in [0.2, 0.25) is 0 Å². The largest absolute Gasteiger partial charge is 0.381 e. The molecule has 0 radical (unpaired) electrons. The molecule has 7 nitrogen and oxygen atoms in total. The second kappa shape index (κ2) is 6.88. The van der Waals surface area contributed by atoms with E-state index >= 15 is 0 Å². The van der Waals surface area contributed by atoms with Gasteiger partial charge in [-0.3, -0.25) is 4.68 Å². The van der Waals surface area contributed by atoms with E-state index in [4.69, 9.17) is 9.47 Å². The molecule has 1 aliphatic carbocycles. The van der Waals surface area contributed by atoms with Crippen molar-refractivity contribution >= 4 is 10.0 Å². The molecule has 23 heavy (non-hydrogen) atoms. The number of methoxy groups -OCH3 is 1. The van der Waals surface area contributed by atoms with Crippen molar-refractivity contribution in [2.75, 3.05) is 26.9 Å². The molecule has 1 aromatic heterocycles. The minimum absolute atomic E-state index is 0.107. The molecule has 0 bridgehead atoms. The second-order valence-corrected chi connectivity index (χ2v) is 7.95. The highest BCUT2D eigenvalue weighted by Gasteiger charge is 2.44. The van der Waals surface area contributed by atoms with Gasteiger partial charge in [-0.1, -0.05) is 6.42 Å². The molecular weight excluding hydrogens is 318 g/mol.